The molecule has 1 atom stereocenters. The predicted octanol–water partition coefficient (Wildman–Crippen LogP) is 5.22. The van der Waals surface area contributed by atoms with Gasteiger partial charge >= 0.3 is 0 Å². The molecule has 7 nitrogen and oxygen atoms in total. The molecule has 0 spiro atoms. The van der Waals surface area contributed by atoms with Crippen molar-refractivity contribution in [2.24, 2.45) is 0 Å². The number of halogens is 2. The molecule has 36 heavy (non-hydrogen) atoms. The first kappa shape index (κ1) is 29.9. The van der Waals surface area contributed by atoms with Gasteiger partial charge in [-0.05, 0) is 48.1 Å². The van der Waals surface area contributed by atoms with Crippen LogP contribution in [0.25, 0.3) is 0 Å². The van der Waals surface area contributed by atoms with Crippen molar-refractivity contribution in [3.63, 3.8) is 0 Å². The maximum Gasteiger partial charge on any atom is 0.244 e. The molecule has 0 saturated heterocycles. The second-order valence-corrected chi connectivity index (χ2v) is 11.7. The summed E-state index contributed by atoms with van der Waals surface area (Å²) in [5.74, 6) is -0.775. The lowest BCUT2D eigenvalue weighted by molar-refractivity contribution is -0.140. The van der Waals surface area contributed by atoms with Crippen molar-refractivity contribution in [2.45, 2.75) is 59.0 Å². The van der Waals surface area contributed by atoms with E-state index in [-0.39, 0.29) is 18.4 Å². The quantitative estimate of drug-likeness (QED) is 0.389. The average Bonchev–Trinajstić information content (AvgIpc) is 2.81. The third-order valence-electron chi connectivity index (χ3n) is 5.80. The number of hydrogen-bond donors (Lipinski definition) is 1. The number of carbonyl (C=O) groups is 2. The molecule has 1 N–H and O–H groups in total. The Balaban J connectivity index is 2.52. The summed E-state index contributed by atoms with van der Waals surface area (Å²) < 4.78 is 26.8. The number of nitrogens with zero attached hydrogens (tertiary/aromatic N) is 2. The van der Waals surface area contributed by atoms with Gasteiger partial charge in [-0.3, -0.25) is 13.9 Å². The van der Waals surface area contributed by atoms with Crippen LogP contribution in [0.2, 0.25) is 10.0 Å². The van der Waals surface area contributed by atoms with Gasteiger partial charge in [-0.2, -0.15) is 0 Å². The topological polar surface area (TPSA) is 86.8 Å². The fourth-order valence-corrected chi connectivity index (χ4v) is 5.25. The summed E-state index contributed by atoms with van der Waals surface area (Å²) in [6.45, 7) is 7.70. The van der Waals surface area contributed by atoms with Gasteiger partial charge in [0.05, 0.1) is 11.9 Å². The Morgan fingerprint density at radius 1 is 1.06 bits per heavy atom. The number of hydrogen-bond acceptors (Lipinski definition) is 4. The molecule has 0 aliphatic carbocycles. The third-order valence-corrected chi connectivity index (χ3v) is 7.51. The number of rotatable bonds is 12. The van der Waals surface area contributed by atoms with E-state index in [9.17, 15) is 18.0 Å². The Morgan fingerprint density at radius 2 is 1.72 bits per heavy atom. The Morgan fingerprint density at radius 3 is 2.28 bits per heavy atom. The summed E-state index contributed by atoms with van der Waals surface area (Å²) in [6, 6.07) is 11.2. The van der Waals surface area contributed by atoms with Gasteiger partial charge in [0.2, 0.25) is 21.8 Å². The minimum absolute atomic E-state index is 0.0241. The van der Waals surface area contributed by atoms with E-state index >= 15 is 0 Å². The van der Waals surface area contributed by atoms with Crippen molar-refractivity contribution in [2.75, 3.05) is 23.7 Å². The van der Waals surface area contributed by atoms with Crippen LogP contribution in [0.1, 0.15) is 57.6 Å². The van der Waals surface area contributed by atoms with Crippen LogP contribution < -0.4 is 9.62 Å². The van der Waals surface area contributed by atoms with E-state index in [1.165, 1.54) is 4.90 Å². The first-order valence-electron chi connectivity index (χ1n) is 12.0. The van der Waals surface area contributed by atoms with E-state index in [0.717, 1.165) is 22.5 Å². The van der Waals surface area contributed by atoms with Crippen LogP contribution in [0.4, 0.5) is 5.69 Å². The molecule has 2 amide bonds. The lowest BCUT2D eigenvalue weighted by atomic mass is 10.0. The van der Waals surface area contributed by atoms with Crippen LogP contribution in [0.3, 0.4) is 0 Å². The zero-order valence-electron chi connectivity index (χ0n) is 21.4. The van der Waals surface area contributed by atoms with Crippen LogP contribution in [0, 0.1) is 0 Å². The molecule has 0 radical (unpaired) electrons. The molecule has 2 aromatic carbocycles. The monoisotopic (exact) mass is 555 g/mol. The minimum Gasteiger partial charge on any atom is -0.354 e. The first-order chi connectivity index (χ1) is 16.9. The van der Waals surface area contributed by atoms with E-state index in [4.69, 9.17) is 23.2 Å². The van der Waals surface area contributed by atoms with Crippen molar-refractivity contribution in [3.8, 4) is 0 Å². The van der Waals surface area contributed by atoms with E-state index < -0.39 is 28.5 Å². The molecule has 10 heteroatoms. The molecule has 2 rings (SSSR count). The molecule has 0 bridgehead atoms. The summed E-state index contributed by atoms with van der Waals surface area (Å²) in [4.78, 5) is 28.2. The number of anilines is 1. The Kier molecular flexibility index (Phi) is 11.1. The summed E-state index contributed by atoms with van der Waals surface area (Å²) in [5, 5.41) is 3.65. The molecule has 0 unspecified atom stereocenters. The molecule has 0 aliphatic heterocycles. The van der Waals surface area contributed by atoms with Gasteiger partial charge in [0.15, 0.2) is 0 Å². The summed E-state index contributed by atoms with van der Waals surface area (Å²) >= 11 is 12.4. The van der Waals surface area contributed by atoms with Gasteiger partial charge in [-0.1, -0.05) is 75.2 Å². The number of amides is 2. The normalized spacial score (nSPS) is 12.3. The highest BCUT2D eigenvalue weighted by Gasteiger charge is 2.32. The number of carbonyl (C=O) groups excluding carboxylic acids is 2. The molecule has 0 aliphatic rings. The molecule has 0 saturated carbocycles. The van der Waals surface area contributed by atoms with Crippen molar-refractivity contribution < 1.29 is 18.0 Å². The fourth-order valence-electron chi connectivity index (χ4n) is 3.92. The van der Waals surface area contributed by atoms with Crippen molar-refractivity contribution in [1.29, 1.82) is 0 Å². The van der Waals surface area contributed by atoms with E-state index in [1.54, 1.807) is 30.3 Å². The van der Waals surface area contributed by atoms with E-state index in [0.29, 0.717) is 34.3 Å². The Bertz CT molecular complexity index is 1170. The SMILES string of the molecule is CCCNC(=O)[C@H](CC)N(Cc1ccc(Cl)cc1Cl)C(=O)CN(c1ccccc1C(C)C)S(C)(=O)=O. The third kappa shape index (κ3) is 7.85. The Hall–Kier alpha value is -2.29. The molecule has 0 aromatic heterocycles. The molecule has 0 fully saturated rings. The first-order valence-corrected chi connectivity index (χ1v) is 14.6. The van der Waals surface area contributed by atoms with E-state index in [1.807, 2.05) is 39.8 Å². The summed E-state index contributed by atoms with van der Waals surface area (Å²) in [6.07, 6.45) is 2.16. The summed E-state index contributed by atoms with van der Waals surface area (Å²) in [5.41, 5.74) is 1.84. The maximum atomic E-state index is 13.8. The molecular formula is C26H35Cl2N3O4S. The van der Waals surface area contributed by atoms with E-state index in [2.05, 4.69) is 5.32 Å². The number of para-hydroxylation sites is 1. The Labute approximate surface area is 224 Å². The van der Waals surface area contributed by atoms with Gasteiger partial charge in [-0.25, -0.2) is 8.42 Å². The predicted molar refractivity (Wildman–Crippen MR) is 147 cm³/mol. The van der Waals surface area contributed by atoms with Crippen LogP contribution in [-0.4, -0.2) is 50.5 Å². The van der Waals surface area contributed by atoms with Crippen molar-refractivity contribution >= 4 is 50.7 Å². The van der Waals surface area contributed by atoms with Gasteiger partial charge in [-0.15, -0.1) is 0 Å². The molecular weight excluding hydrogens is 521 g/mol. The van der Waals surface area contributed by atoms with Crippen LogP contribution in [-0.2, 0) is 26.2 Å². The number of benzene rings is 2. The van der Waals surface area contributed by atoms with Crippen molar-refractivity contribution in [1.82, 2.24) is 10.2 Å². The maximum absolute atomic E-state index is 13.8. The second kappa shape index (κ2) is 13.3. The number of sulfonamides is 1. The van der Waals surface area contributed by atoms with Crippen LogP contribution in [0.15, 0.2) is 42.5 Å². The molecule has 198 valence electrons. The molecule has 0 heterocycles. The zero-order chi connectivity index (χ0) is 27.0. The van der Waals surface area contributed by atoms with Gasteiger partial charge in [0.25, 0.3) is 0 Å². The highest BCUT2D eigenvalue weighted by molar-refractivity contribution is 7.92. The van der Waals surface area contributed by atoms with Crippen LogP contribution in [0.5, 0.6) is 0 Å². The lowest BCUT2D eigenvalue weighted by Crippen LogP contribution is -2.52. The van der Waals surface area contributed by atoms with Gasteiger partial charge < -0.3 is 10.2 Å². The van der Waals surface area contributed by atoms with Gasteiger partial charge in [0.1, 0.15) is 12.6 Å². The zero-order valence-corrected chi connectivity index (χ0v) is 23.8. The average molecular weight is 557 g/mol. The highest BCUT2D eigenvalue weighted by atomic mass is 35.5. The van der Waals surface area contributed by atoms with Crippen LogP contribution >= 0.6 is 23.2 Å². The molecule has 2 aromatic rings. The summed E-state index contributed by atoms with van der Waals surface area (Å²) in [7, 11) is -3.81. The van der Waals surface area contributed by atoms with Gasteiger partial charge in [0, 0.05) is 23.1 Å². The number of nitrogens with one attached hydrogen (secondary N) is 1. The highest BCUT2D eigenvalue weighted by Crippen LogP contribution is 2.30. The standard InChI is InChI=1S/C26H35Cl2N3O4S/c1-6-14-29-26(33)23(7-2)30(16-19-12-13-20(27)15-22(19)28)25(32)17-31(36(5,34)35)24-11-9-8-10-21(24)18(3)4/h8-13,15,18,23H,6-7,14,16-17H2,1-5H3,(H,29,33)/t23-/m0/s1. The largest absolute Gasteiger partial charge is 0.354 e. The second-order valence-electron chi connectivity index (χ2n) is 8.96. The fraction of sp³-hybridized carbons (Fsp3) is 0.462. The van der Waals surface area contributed by atoms with Crippen molar-refractivity contribution in [3.05, 3.63) is 63.6 Å². The smallest absolute Gasteiger partial charge is 0.244 e. The lowest BCUT2D eigenvalue weighted by Gasteiger charge is -2.33. The minimum atomic E-state index is -3.81.